The molecule has 0 radical (unpaired) electrons. The quantitative estimate of drug-likeness (QED) is 0.578. The second-order valence-corrected chi connectivity index (χ2v) is 10.7. The summed E-state index contributed by atoms with van der Waals surface area (Å²) in [5, 5.41) is 0. The van der Waals surface area contributed by atoms with Gasteiger partial charge in [0.2, 0.25) is 21.8 Å². The second kappa shape index (κ2) is 10.5. The van der Waals surface area contributed by atoms with E-state index in [1.807, 2.05) is 44.2 Å². The van der Waals surface area contributed by atoms with E-state index in [2.05, 4.69) is 4.72 Å². The van der Waals surface area contributed by atoms with Crippen LogP contribution in [0.15, 0.2) is 59.5 Å². The van der Waals surface area contributed by atoms with Gasteiger partial charge in [0.25, 0.3) is 0 Å². The summed E-state index contributed by atoms with van der Waals surface area (Å²) in [7, 11) is -3.78. The average Bonchev–Trinajstić information content (AvgIpc) is 2.84. The summed E-state index contributed by atoms with van der Waals surface area (Å²) < 4.78 is 27.3. The molecule has 0 saturated carbocycles. The molecular weight excluding hydrogens is 454 g/mol. The third kappa shape index (κ3) is 5.90. The maximum atomic E-state index is 13.1. The molecule has 9 heteroatoms. The third-order valence-electron chi connectivity index (χ3n) is 6.15. The van der Waals surface area contributed by atoms with E-state index >= 15 is 0 Å². The van der Waals surface area contributed by atoms with Crippen molar-refractivity contribution in [1.82, 2.24) is 14.5 Å². The Balaban J connectivity index is 1.48. The molecule has 1 aliphatic heterocycles. The summed E-state index contributed by atoms with van der Waals surface area (Å²) in [5.41, 5.74) is 0.717. The summed E-state index contributed by atoms with van der Waals surface area (Å²) in [6.45, 7) is 6.89. The van der Waals surface area contributed by atoms with Gasteiger partial charge in [-0.2, -0.15) is 0 Å². The number of rotatable bonds is 8. The van der Waals surface area contributed by atoms with Crippen LogP contribution in [0.3, 0.4) is 0 Å². The molecule has 8 nitrogen and oxygen atoms in total. The van der Waals surface area contributed by atoms with Crippen molar-refractivity contribution >= 4 is 27.6 Å². The molecule has 1 aliphatic rings. The molecule has 0 unspecified atom stereocenters. The van der Waals surface area contributed by atoms with Crippen LogP contribution in [-0.4, -0.2) is 68.5 Å². The van der Waals surface area contributed by atoms with Gasteiger partial charge in [-0.25, -0.2) is 13.1 Å². The first-order chi connectivity index (χ1) is 16.0. The maximum Gasteiger partial charge on any atom is 0.240 e. The Morgan fingerprint density at radius 3 is 2.00 bits per heavy atom. The number of carbonyl (C=O) groups is 3. The normalized spacial score (nSPS) is 14.7. The minimum Gasteiger partial charge on any atom is -0.339 e. The number of hydrogen-bond donors (Lipinski definition) is 1. The number of ketones is 1. The van der Waals surface area contributed by atoms with Crippen molar-refractivity contribution in [3.05, 3.63) is 65.7 Å². The second-order valence-electron chi connectivity index (χ2n) is 8.89. The van der Waals surface area contributed by atoms with Crippen molar-refractivity contribution in [2.24, 2.45) is 0 Å². The zero-order valence-electron chi connectivity index (χ0n) is 19.8. The van der Waals surface area contributed by atoms with E-state index < -0.39 is 15.4 Å². The van der Waals surface area contributed by atoms with Gasteiger partial charge in [0.05, 0.1) is 10.3 Å². The highest BCUT2D eigenvalue weighted by atomic mass is 32.2. The van der Waals surface area contributed by atoms with E-state index in [1.165, 1.54) is 31.2 Å². The van der Waals surface area contributed by atoms with Gasteiger partial charge in [0, 0.05) is 44.7 Å². The third-order valence-corrected chi connectivity index (χ3v) is 7.63. The van der Waals surface area contributed by atoms with Crippen molar-refractivity contribution in [3.8, 4) is 0 Å². The van der Waals surface area contributed by atoms with Crippen molar-refractivity contribution in [3.63, 3.8) is 0 Å². The fraction of sp³-hybridized carbons (Fsp3) is 0.400. The molecule has 34 heavy (non-hydrogen) atoms. The van der Waals surface area contributed by atoms with Crippen molar-refractivity contribution in [2.75, 3.05) is 32.7 Å². The van der Waals surface area contributed by atoms with Gasteiger partial charge in [-0.05, 0) is 38.5 Å². The Labute approximate surface area is 201 Å². The van der Waals surface area contributed by atoms with E-state index in [1.54, 1.807) is 9.80 Å². The van der Waals surface area contributed by atoms with Crippen LogP contribution in [0.25, 0.3) is 0 Å². The maximum absolute atomic E-state index is 13.1. The highest BCUT2D eigenvalue weighted by molar-refractivity contribution is 7.89. The van der Waals surface area contributed by atoms with Gasteiger partial charge in [-0.1, -0.05) is 42.5 Å². The van der Waals surface area contributed by atoms with Crippen molar-refractivity contribution in [2.45, 2.75) is 37.5 Å². The van der Waals surface area contributed by atoms with Crippen LogP contribution in [0, 0.1) is 0 Å². The number of piperazine rings is 1. The number of nitrogens with one attached hydrogen (secondary N) is 1. The van der Waals surface area contributed by atoms with E-state index in [0.717, 1.165) is 5.56 Å². The van der Waals surface area contributed by atoms with Crippen molar-refractivity contribution < 1.29 is 22.8 Å². The van der Waals surface area contributed by atoms with Crippen LogP contribution in [0.4, 0.5) is 0 Å². The molecule has 2 amide bonds. The molecule has 1 N–H and O–H groups in total. The lowest BCUT2D eigenvalue weighted by Crippen LogP contribution is -2.54. The zero-order chi connectivity index (χ0) is 24.9. The first-order valence-corrected chi connectivity index (χ1v) is 12.7. The molecule has 1 fully saturated rings. The fourth-order valence-electron chi connectivity index (χ4n) is 3.94. The lowest BCUT2D eigenvalue weighted by atomic mass is 9.83. The highest BCUT2D eigenvalue weighted by Gasteiger charge is 2.35. The number of amides is 2. The van der Waals surface area contributed by atoms with Gasteiger partial charge in [-0.15, -0.1) is 0 Å². The molecular formula is C25H31N3O5S. The van der Waals surface area contributed by atoms with Crippen molar-refractivity contribution in [1.29, 1.82) is 0 Å². The highest BCUT2D eigenvalue weighted by Crippen LogP contribution is 2.26. The minimum absolute atomic E-state index is 0.0220. The minimum atomic E-state index is -3.78. The lowest BCUT2D eigenvalue weighted by Gasteiger charge is -2.38. The predicted octanol–water partition coefficient (Wildman–Crippen LogP) is 2.21. The van der Waals surface area contributed by atoms with Crippen LogP contribution in [0.1, 0.15) is 43.1 Å². The lowest BCUT2D eigenvalue weighted by molar-refractivity contribution is -0.142. The molecule has 182 valence electrons. The molecule has 3 rings (SSSR count). The molecule has 0 atom stereocenters. The summed E-state index contributed by atoms with van der Waals surface area (Å²) >= 11 is 0. The Morgan fingerprint density at radius 1 is 0.882 bits per heavy atom. The molecule has 1 heterocycles. The summed E-state index contributed by atoms with van der Waals surface area (Å²) in [5.74, 6) is -0.286. The first-order valence-electron chi connectivity index (χ1n) is 11.3. The SMILES string of the molecule is CC(=O)c1ccc(S(=O)(=O)NCCC(=O)N2CCN(C(=O)C(C)(C)c3ccccc3)CC2)cc1. The average molecular weight is 486 g/mol. The monoisotopic (exact) mass is 485 g/mol. The molecule has 0 aromatic heterocycles. The Hall–Kier alpha value is -3.04. The zero-order valence-corrected chi connectivity index (χ0v) is 20.6. The van der Waals surface area contributed by atoms with E-state index in [4.69, 9.17) is 0 Å². The van der Waals surface area contributed by atoms with E-state index in [0.29, 0.717) is 31.7 Å². The molecule has 0 spiro atoms. The molecule has 2 aromatic rings. The number of Topliss-reactive ketones (excluding diaryl/α,β-unsaturated/α-hetero) is 1. The van der Waals surface area contributed by atoms with Crippen LogP contribution >= 0.6 is 0 Å². The summed E-state index contributed by atoms with van der Waals surface area (Å²) in [6, 6.07) is 15.3. The van der Waals surface area contributed by atoms with Crippen LogP contribution in [0.5, 0.6) is 0 Å². The molecule has 1 saturated heterocycles. The summed E-state index contributed by atoms with van der Waals surface area (Å²) in [6.07, 6.45) is 0.0220. The van der Waals surface area contributed by atoms with E-state index in [9.17, 15) is 22.8 Å². The molecule has 0 bridgehead atoms. The first kappa shape index (κ1) is 25.6. The van der Waals surface area contributed by atoms with Gasteiger partial charge in [-0.3, -0.25) is 14.4 Å². The smallest absolute Gasteiger partial charge is 0.240 e. The van der Waals surface area contributed by atoms with Gasteiger partial charge >= 0.3 is 0 Å². The van der Waals surface area contributed by atoms with Crippen LogP contribution in [0.2, 0.25) is 0 Å². The van der Waals surface area contributed by atoms with Gasteiger partial charge in [0.15, 0.2) is 5.78 Å². The van der Waals surface area contributed by atoms with E-state index in [-0.39, 0.29) is 35.5 Å². The van der Waals surface area contributed by atoms with Gasteiger partial charge < -0.3 is 9.80 Å². The topological polar surface area (TPSA) is 104 Å². The fourth-order valence-corrected chi connectivity index (χ4v) is 4.97. The molecule has 2 aromatic carbocycles. The van der Waals surface area contributed by atoms with Crippen LogP contribution < -0.4 is 4.72 Å². The number of carbonyl (C=O) groups excluding carboxylic acids is 3. The Kier molecular flexibility index (Phi) is 7.89. The number of benzene rings is 2. The largest absolute Gasteiger partial charge is 0.339 e. The Morgan fingerprint density at radius 2 is 1.44 bits per heavy atom. The number of nitrogens with zero attached hydrogens (tertiary/aromatic N) is 2. The van der Waals surface area contributed by atoms with Gasteiger partial charge in [0.1, 0.15) is 0 Å². The Bertz CT molecular complexity index is 1140. The molecule has 0 aliphatic carbocycles. The summed E-state index contributed by atoms with van der Waals surface area (Å²) in [4.78, 5) is 40.5. The predicted molar refractivity (Wildman–Crippen MR) is 129 cm³/mol. The number of sulfonamides is 1. The standard InChI is InChI=1S/C25H31N3O5S/c1-19(29)20-9-11-22(12-10-20)34(32,33)26-14-13-23(30)27-15-17-28(18-16-27)24(31)25(2,3)21-7-5-4-6-8-21/h4-12,26H,13-18H2,1-3H3. The number of hydrogen-bond acceptors (Lipinski definition) is 5. The van der Waals surface area contributed by atoms with Crippen LogP contribution in [-0.2, 0) is 25.0 Å².